The fraction of sp³-hybridized carbons (Fsp3) is 0.412. The van der Waals surface area contributed by atoms with Gasteiger partial charge in [-0.3, -0.25) is 0 Å². The van der Waals surface area contributed by atoms with E-state index in [4.69, 9.17) is 4.74 Å². The number of rotatable bonds is 8. The third-order valence-electron chi connectivity index (χ3n) is 4.12. The minimum absolute atomic E-state index is 0.0583. The largest absolute Gasteiger partial charge is 0.378 e. The van der Waals surface area contributed by atoms with Gasteiger partial charge in [-0.25, -0.2) is 21.9 Å². The zero-order valence-corrected chi connectivity index (χ0v) is 15.9. The predicted octanol–water partition coefficient (Wildman–Crippen LogP) is 1.12. The Balaban J connectivity index is 1.49. The standard InChI is InChI=1S/C17H21F2N5O3S/c18-14-1-2-16(19)13(9-14)12-28(25,26)22-4-3-20-17-10-15(11-21-23-17)24-5-7-27-8-6-24/h1-2,9-11,22H,3-8,12H2,(H,20,23). The Labute approximate surface area is 162 Å². The quantitative estimate of drug-likeness (QED) is 0.626. The Bertz CT molecular complexity index is 907. The second kappa shape index (κ2) is 9.22. The van der Waals surface area contributed by atoms with E-state index in [1.54, 1.807) is 6.20 Å². The summed E-state index contributed by atoms with van der Waals surface area (Å²) in [6.45, 7) is 3.15. The van der Waals surface area contributed by atoms with E-state index in [-0.39, 0.29) is 18.7 Å². The van der Waals surface area contributed by atoms with Gasteiger partial charge in [0.25, 0.3) is 0 Å². The third-order valence-corrected chi connectivity index (χ3v) is 5.46. The zero-order chi connectivity index (χ0) is 20.0. The number of nitrogens with one attached hydrogen (secondary N) is 2. The summed E-state index contributed by atoms with van der Waals surface area (Å²) in [4.78, 5) is 2.12. The molecule has 0 bridgehead atoms. The van der Waals surface area contributed by atoms with Crippen molar-refractivity contribution in [3.05, 3.63) is 47.7 Å². The van der Waals surface area contributed by atoms with Gasteiger partial charge in [0.15, 0.2) is 5.82 Å². The van der Waals surface area contributed by atoms with Crippen molar-refractivity contribution in [2.24, 2.45) is 0 Å². The van der Waals surface area contributed by atoms with Crippen LogP contribution >= 0.6 is 0 Å². The molecule has 0 spiro atoms. The molecule has 0 aliphatic carbocycles. The normalized spacial score (nSPS) is 14.9. The Morgan fingerprint density at radius 3 is 2.71 bits per heavy atom. The van der Waals surface area contributed by atoms with E-state index in [2.05, 4.69) is 25.1 Å². The van der Waals surface area contributed by atoms with Crippen molar-refractivity contribution in [1.29, 1.82) is 0 Å². The van der Waals surface area contributed by atoms with Crippen LogP contribution in [0.25, 0.3) is 0 Å². The maximum absolute atomic E-state index is 13.6. The SMILES string of the molecule is O=S(=O)(Cc1cc(F)ccc1F)NCCNc1cc(N2CCOCC2)cnn1. The highest BCUT2D eigenvalue weighted by atomic mass is 32.2. The van der Waals surface area contributed by atoms with Crippen LogP contribution in [-0.2, 0) is 20.5 Å². The highest BCUT2D eigenvalue weighted by Crippen LogP contribution is 2.17. The number of anilines is 2. The van der Waals surface area contributed by atoms with Crippen LogP contribution in [0.3, 0.4) is 0 Å². The van der Waals surface area contributed by atoms with E-state index >= 15 is 0 Å². The Hall–Kier alpha value is -2.37. The minimum Gasteiger partial charge on any atom is -0.378 e. The lowest BCUT2D eigenvalue weighted by Crippen LogP contribution is -2.36. The van der Waals surface area contributed by atoms with E-state index < -0.39 is 27.4 Å². The lowest BCUT2D eigenvalue weighted by atomic mass is 10.2. The Morgan fingerprint density at radius 2 is 1.93 bits per heavy atom. The summed E-state index contributed by atoms with van der Waals surface area (Å²) in [7, 11) is -3.81. The maximum Gasteiger partial charge on any atom is 0.215 e. The molecule has 0 saturated carbocycles. The molecule has 152 valence electrons. The highest BCUT2D eigenvalue weighted by Gasteiger charge is 2.15. The average Bonchev–Trinajstić information content (AvgIpc) is 2.69. The molecule has 3 rings (SSSR count). The first-order valence-corrected chi connectivity index (χ1v) is 10.4. The van der Waals surface area contributed by atoms with Gasteiger partial charge in [-0.15, -0.1) is 5.10 Å². The molecule has 0 atom stereocenters. The molecule has 8 nitrogen and oxygen atoms in total. The average molecular weight is 413 g/mol. The van der Waals surface area contributed by atoms with Crippen LogP contribution in [-0.4, -0.2) is 58.0 Å². The topological polar surface area (TPSA) is 96.5 Å². The van der Waals surface area contributed by atoms with Crippen molar-refractivity contribution in [2.75, 3.05) is 49.6 Å². The fourth-order valence-electron chi connectivity index (χ4n) is 2.74. The van der Waals surface area contributed by atoms with E-state index in [1.807, 2.05) is 6.07 Å². The molecule has 1 saturated heterocycles. The zero-order valence-electron chi connectivity index (χ0n) is 15.1. The van der Waals surface area contributed by atoms with Crippen LogP contribution < -0.4 is 14.9 Å². The van der Waals surface area contributed by atoms with Crippen molar-refractivity contribution in [2.45, 2.75) is 5.75 Å². The molecule has 2 heterocycles. The second-order valence-corrected chi connectivity index (χ2v) is 8.02. The van der Waals surface area contributed by atoms with Crippen molar-refractivity contribution in [3.8, 4) is 0 Å². The molecule has 1 aliphatic rings. The number of morpholine rings is 1. The molecule has 0 radical (unpaired) electrons. The minimum atomic E-state index is -3.81. The molecule has 28 heavy (non-hydrogen) atoms. The molecular weight excluding hydrogens is 392 g/mol. The smallest absolute Gasteiger partial charge is 0.215 e. The number of halogens is 2. The van der Waals surface area contributed by atoms with Gasteiger partial charge in [-0.2, -0.15) is 5.10 Å². The number of ether oxygens (including phenoxy) is 1. The van der Waals surface area contributed by atoms with Crippen molar-refractivity contribution < 1.29 is 21.9 Å². The molecule has 1 aromatic carbocycles. The second-order valence-electron chi connectivity index (χ2n) is 6.21. The summed E-state index contributed by atoms with van der Waals surface area (Å²) in [5.41, 5.74) is 0.687. The van der Waals surface area contributed by atoms with Crippen LogP contribution in [0, 0.1) is 11.6 Å². The highest BCUT2D eigenvalue weighted by molar-refractivity contribution is 7.88. The molecule has 1 aliphatic heterocycles. The predicted molar refractivity (Wildman–Crippen MR) is 101 cm³/mol. The summed E-state index contributed by atoms with van der Waals surface area (Å²) in [6, 6.07) is 4.55. The fourth-order valence-corrected chi connectivity index (χ4v) is 3.89. The van der Waals surface area contributed by atoms with Crippen LogP contribution in [0.5, 0.6) is 0 Å². The first-order chi connectivity index (χ1) is 13.4. The summed E-state index contributed by atoms with van der Waals surface area (Å²) >= 11 is 0. The Kier molecular flexibility index (Phi) is 6.70. The molecule has 0 unspecified atom stereocenters. The van der Waals surface area contributed by atoms with E-state index in [0.29, 0.717) is 19.0 Å². The van der Waals surface area contributed by atoms with Crippen molar-refractivity contribution in [1.82, 2.24) is 14.9 Å². The van der Waals surface area contributed by atoms with E-state index in [0.717, 1.165) is 37.0 Å². The molecule has 2 aromatic rings. The lowest BCUT2D eigenvalue weighted by Gasteiger charge is -2.28. The van der Waals surface area contributed by atoms with Crippen molar-refractivity contribution in [3.63, 3.8) is 0 Å². The third kappa shape index (κ3) is 5.81. The van der Waals surface area contributed by atoms with Gasteiger partial charge in [-0.1, -0.05) is 0 Å². The molecule has 2 N–H and O–H groups in total. The summed E-state index contributed by atoms with van der Waals surface area (Å²) in [5.74, 6) is -1.57. The van der Waals surface area contributed by atoms with Crippen LogP contribution in [0.4, 0.5) is 20.3 Å². The Morgan fingerprint density at radius 1 is 1.14 bits per heavy atom. The number of sulfonamides is 1. The van der Waals surface area contributed by atoms with E-state index in [1.165, 1.54) is 0 Å². The summed E-state index contributed by atoms with van der Waals surface area (Å²) in [6.07, 6.45) is 1.66. The number of hydrogen-bond donors (Lipinski definition) is 2. The van der Waals surface area contributed by atoms with Gasteiger partial charge < -0.3 is 15.0 Å². The number of nitrogens with zero attached hydrogens (tertiary/aromatic N) is 3. The van der Waals surface area contributed by atoms with Gasteiger partial charge in [0.05, 0.1) is 30.9 Å². The first-order valence-electron chi connectivity index (χ1n) is 8.73. The number of aromatic nitrogens is 2. The summed E-state index contributed by atoms with van der Waals surface area (Å²) < 4.78 is 58.6. The van der Waals surface area contributed by atoms with Crippen molar-refractivity contribution >= 4 is 21.5 Å². The van der Waals surface area contributed by atoms with Crippen LogP contribution in [0.2, 0.25) is 0 Å². The molecule has 0 amide bonds. The van der Waals surface area contributed by atoms with Gasteiger partial charge in [0.2, 0.25) is 10.0 Å². The van der Waals surface area contributed by atoms with Crippen LogP contribution in [0.1, 0.15) is 5.56 Å². The van der Waals surface area contributed by atoms with Gasteiger partial charge in [0, 0.05) is 37.8 Å². The number of hydrogen-bond acceptors (Lipinski definition) is 7. The monoisotopic (exact) mass is 413 g/mol. The van der Waals surface area contributed by atoms with Crippen LogP contribution in [0.15, 0.2) is 30.5 Å². The first kappa shape index (κ1) is 20.4. The number of benzene rings is 1. The van der Waals surface area contributed by atoms with E-state index in [9.17, 15) is 17.2 Å². The molecule has 11 heteroatoms. The molecular formula is C17H21F2N5O3S. The van der Waals surface area contributed by atoms with Gasteiger partial charge in [-0.05, 0) is 18.2 Å². The molecule has 1 aromatic heterocycles. The molecule has 1 fully saturated rings. The maximum atomic E-state index is 13.6. The van der Waals surface area contributed by atoms with Gasteiger partial charge >= 0.3 is 0 Å². The lowest BCUT2D eigenvalue weighted by molar-refractivity contribution is 0.122. The summed E-state index contributed by atoms with van der Waals surface area (Å²) in [5, 5.41) is 10.9. The van der Waals surface area contributed by atoms with Gasteiger partial charge in [0.1, 0.15) is 11.6 Å².